The summed E-state index contributed by atoms with van der Waals surface area (Å²) in [6, 6.07) is 10.0. The SMILES string of the molecule is C[C@@H]1CN(c2nc(-c3ccccc3)c(CO)s2)C[C@H](C)O1. The molecule has 0 saturated carbocycles. The first kappa shape index (κ1) is 14.5. The Morgan fingerprint density at radius 3 is 2.52 bits per heavy atom. The van der Waals surface area contributed by atoms with Crippen molar-refractivity contribution in [2.24, 2.45) is 0 Å². The molecule has 0 aliphatic carbocycles. The normalized spacial score (nSPS) is 22.5. The third-order valence-corrected chi connectivity index (χ3v) is 4.67. The first-order valence-corrected chi connectivity index (χ1v) is 8.05. The molecule has 3 rings (SSSR count). The molecule has 1 aromatic heterocycles. The van der Waals surface area contributed by atoms with E-state index in [0.29, 0.717) is 0 Å². The van der Waals surface area contributed by atoms with Gasteiger partial charge >= 0.3 is 0 Å². The molecule has 4 nitrogen and oxygen atoms in total. The molecule has 2 aromatic rings. The van der Waals surface area contributed by atoms with Gasteiger partial charge in [-0.2, -0.15) is 0 Å². The minimum atomic E-state index is 0.0251. The van der Waals surface area contributed by atoms with Gasteiger partial charge in [0, 0.05) is 18.7 Å². The van der Waals surface area contributed by atoms with Crippen molar-refractivity contribution in [2.45, 2.75) is 32.7 Å². The van der Waals surface area contributed by atoms with Gasteiger partial charge in [-0.25, -0.2) is 4.98 Å². The van der Waals surface area contributed by atoms with Gasteiger partial charge in [0.05, 0.1) is 29.4 Å². The fraction of sp³-hybridized carbons (Fsp3) is 0.438. The summed E-state index contributed by atoms with van der Waals surface area (Å²) in [6.45, 7) is 5.88. The molecule has 0 radical (unpaired) electrons. The number of benzene rings is 1. The minimum absolute atomic E-state index is 0.0251. The number of ether oxygens (including phenoxy) is 1. The molecule has 1 aliphatic rings. The lowest BCUT2D eigenvalue weighted by Crippen LogP contribution is -2.45. The van der Waals surface area contributed by atoms with Gasteiger partial charge < -0.3 is 14.7 Å². The van der Waals surface area contributed by atoms with E-state index in [4.69, 9.17) is 9.72 Å². The average molecular weight is 304 g/mol. The van der Waals surface area contributed by atoms with Gasteiger partial charge in [-0.15, -0.1) is 0 Å². The van der Waals surface area contributed by atoms with Gasteiger partial charge in [-0.3, -0.25) is 0 Å². The largest absolute Gasteiger partial charge is 0.391 e. The summed E-state index contributed by atoms with van der Waals surface area (Å²) in [5.74, 6) is 0. The van der Waals surface area contributed by atoms with Crippen LogP contribution in [0.1, 0.15) is 18.7 Å². The van der Waals surface area contributed by atoms with Crippen molar-refractivity contribution in [3.05, 3.63) is 35.2 Å². The maximum absolute atomic E-state index is 9.62. The molecule has 0 unspecified atom stereocenters. The molecule has 1 N–H and O–H groups in total. The van der Waals surface area contributed by atoms with Crippen LogP contribution in [0, 0.1) is 0 Å². The Labute approximate surface area is 129 Å². The van der Waals surface area contributed by atoms with Crippen LogP contribution in [0.5, 0.6) is 0 Å². The molecule has 112 valence electrons. The summed E-state index contributed by atoms with van der Waals surface area (Å²) in [5, 5.41) is 10.6. The van der Waals surface area contributed by atoms with Crippen LogP contribution in [0.25, 0.3) is 11.3 Å². The van der Waals surface area contributed by atoms with Crippen LogP contribution in [-0.4, -0.2) is 35.4 Å². The van der Waals surface area contributed by atoms with Crippen LogP contribution in [0.4, 0.5) is 5.13 Å². The smallest absolute Gasteiger partial charge is 0.186 e. The molecule has 1 aromatic carbocycles. The second-order valence-corrected chi connectivity index (χ2v) is 6.52. The van der Waals surface area contributed by atoms with Crippen LogP contribution in [-0.2, 0) is 11.3 Å². The van der Waals surface area contributed by atoms with E-state index >= 15 is 0 Å². The number of thiazole rings is 1. The van der Waals surface area contributed by atoms with Crippen molar-refractivity contribution < 1.29 is 9.84 Å². The predicted octanol–water partition coefficient (Wildman–Crippen LogP) is 2.92. The van der Waals surface area contributed by atoms with Gasteiger partial charge in [0.15, 0.2) is 5.13 Å². The van der Waals surface area contributed by atoms with Crippen molar-refractivity contribution in [2.75, 3.05) is 18.0 Å². The zero-order chi connectivity index (χ0) is 14.8. The lowest BCUT2D eigenvalue weighted by molar-refractivity contribution is -0.00522. The first-order valence-electron chi connectivity index (χ1n) is 7.23. The third kappa shape index (κ3) is 3.10. The zero-order valence-corrected chi connectivity index (χ0v) is 13.1. The molecule has 5 heteroatoms. The molecule has 2 heterocycles. The highest BCUT2D eigenvalue weighted by Crippen LogP contribution is 2.34. The van der Waals surface area contributed by atoms with Crippen molar-refractivity contribution in [3.8, 4) is 11.3 Å². The summed E-state index contributed by atoms with van der Waals surface area (Å²) in [4.78, 5) is 7.95. The topological polar surface area (TPSA) is 45.6 Å². The van der Waals surface area contributed by atoms with Gasteiger partial charge in [0.25, 0.3) is 0 Å². The predicted molar refractivity (Wildman–Crippen MR) is 85.7 cm³/mol. The Bertz CT molecular complexity index is 590. The molecule has 0 spiro atoms. The van der Waals surface area contributed by atoms with Crippen LogP contribution in [0.2, 0.25) is 0 Å². The Hall–Kier alpha value is -1.43. The monoisotopic (exact) mass is 304 g/mol. The molecular weight excluding hydrogens is 284 g/mol. The lowest BCUT2D eigenvalue weighted by Gasteiger charge is -2.35. The number of aliphatic hydroxyl groups excluding tert-OH is 1. The number of morpholine rings is 1. The van der Waals surface area contributed by atoms with E-state index in [0.717, 1.165) is 34.4 Å². The van der Waals surface area contributed by atoms with Crippen molar-refractivity contribution in [1.82, 2.24) is 4.98 Å². The summed E-state index contributed by atoms with van der Waals surface area (Å²) in [5.41, 5.74) is 1.95. The van der Waals surface area contributed by atoms with E-state index in [2.05, 4.69) is 18.7 Å². The molecule has 1 fully saturated rings. The fourth-order valence-electron chi connectivity index (χ4n) is 2.74. The molecule has 0 bridgehead atoms. The van der Waals surface area contributed by atoms with Crippen molar-refractivity contribution >= 4 is 16.5 Å². The number of hydrogen-bond donors (Lipinski definition) is 1. The third-order valence-electron chi connectivity index (χ3n) is 3.57. The highest BCUT2D eigenvalue weighted by atomic mass is 32.1. The second-order valence-electron chi connectivity index (χ2n) is 5.45. The highest BCUT2D eigenvalue weighted by molar-refractivity contribution is 7.16. The van der Waals surface area contributed by atoms with Crippen LogP contribution < -0.4 is 4.90 Å². The standard InChI is InChI=1S/C16H20N2O2S/c1-11-8-18(9-12(2)20-11)16-17-15(14(10-19)21-16)13-6-4-3-5-7-13/h3-7,11-12,19H,8-10H2,1-2H3/t11-,12+. The molecule has 1 aliphatic heterocycles. The van der Waals surface area contributed by atoms with Gasteiger partial charge in [-0.1, -0.05) is 41.7 Å². The Morgan fingerprint density at radius 2 is 1.90 bits per heavy atom. The molecular formula is C16H20N2O2S. The van der Waals surface area contributed by atoms with E-state index in [9.17, 15) is 5.11 Å². The molecule has 21 heavy (non-hydrogen) atoms. The van der Waals surface area contributed by atoms with Crippen LogP contribution >= 0.6 is 11.3 Å². The van der Waals surface area contributed by atoms with Gasteiger partial charge in [-0.05, 0) is 13.8 Å². The number of aliphatic hydroxyl groups is 1. The fourth-order valence-corrected chi connectivity index (χ4v) is 3.70. The lowest BCUT2D eigenvalue weighted by atomic mass is 10.1. The number of anilines is 1. The quantitative estimate of drug-likeness (QED) is 0.947. The Balaban J connectivity index is 1.92. The van der Waals surface area contributed by atoms with E-state index in [1.54, 1.807) is 11.3 Å². The van der Waals surface area contributed by atoms with Crippen molar-refractivity contribution in [1.29, 1.82) is 0 Å². The summed E-state index contributed by atoms with van der Waals surface area (Å²) < 4.78 is 5.77. The number of rotatable bonds is 3. The highest BCUT2D eigenvalue weighted by Gasteiger charge is 2.25. The maximum Gasteiger partial charge on any atom is 0.186 e. The Morgan fingerprint density at radius 1 is 1.24 bits per heavy atom. The number of aromatic nitrogens is 1. The number of hydrogen-bond acceptors (Lipinski definition) is 5. The molecule has 1 saturated heterocycles. The average Bonchev–Trinajstić information content (AvgIpc) is 2.91. The first-order chi connectivity index (χ1) is 10.2. The summed E-state index contributed by atoms with van der Waals surface area (Å²) in [7, 11) is 0. The summed E-state index contributed by atoms with van der Waals surface area (Å²) >= 11 is 1.57. The van der Waals surface area contributed by atoms with Crippen LogP contribution in [0.15, 0.2) is 30.3 Å². The minimum Gasteiger partial charge on any atom is -0.391 e. The van der Waals surface area contributed by atoms with Gasteiger partial charge in [0.1, 0.15) is 0 Å². The van der Waals surface area contributed by atoms with E-state index in [1.807, 2.05) is 30.3 Å². The second kappa shape index (κ2) is 6.13. The molecule has 0 amide bonds. The van der Waals surface area contributed by atoms with Crippen molar-refractivity contribution in [3.63, 3.8) is 0 Å². The van der Waals surface area contributed by atoms with E-state index in [1.165, 1.54) is 0 Å². The summed E-state index contributed by atoms with van der Waals surface area (Å²) in [6.07, 6.45) is 0.408. The van der Waals surface area contributed by atoms with E-state index < -0.39 is 0 Å². The number of nitrogens with zero attached hydrogens (tertiary/aromatic N) is 2. The molecule has 2 atom stereocenters. The zero-order valence-electron chi connectivity index (χ0n) is 12.3. The van der Waals surface area contributed by atoms with Gasteiger partial charge in [0.2, 0.25) is 0 Å². The van der Waals surface area contributed by atoms with E-state index in [-0.39, 0.29) is 18.8 Å². The maximum atomic E-state index is 9.62. The van der Waals surface area contributed by atoms with Crippen LogP contribution in [0.3, 0.4) is 0 Å². The Kier molecular flexibility index (Phi) is 4.24.